The lowest BCUT2D eigenvalue weighted by Crippen LogP contribution is -2.01. The summed E-state index contributed by atoms with van der Waals surface area (Å²) in [5.41, 5.74) is 1.69. The van der Waals surface area contributed by atoms with Crippen molar-refractivity contribution >= 4 is 5.97 Å². The lowest BCUT2D eigenvalue weighted by atomic mass is 10.1. The topological polar surface area (TPSA) is 46.5 Å². The van der Waals surface area contributed by atoms with Crippen LogP contribution in [0.1, 0.15) is 28.8 Å². The largest absolute Gasteiger partial charge is 0.465 e. The first-order chi connectivity index (χ1) is 7.27. The van der Waals surface area contributed by atoms with E-state index in [2.05, 4.69) is 4.74 Å². The van der Waals surface area contributed by atoms with Crippen molar-refractivity contribution in [3.63, 3.8) is 0 Å². The third-order valence-corrected chi connectivity index (χ3v) is 2.22. The molecule has 0 aliphatic heterocycles. The Balaban J connectivity index is 2.62. The number of hydrogen-bond acceptors (Lipinski definition) is 3. The van der Waals surface area contributed by atoms with Gasteiger partial charge in [0.2, 0.25) is 0 Å². The second kappa shape index (κ2) is 6.19. The highest BCUT2D eigenvalue weighted by Gasteiger charge is 2.04. The molecule has 0 atom stereocenters. The zero-order valence-electron chi connectivity index (χ0n) is 8.90. The molecule has 0 aliphatic carbocycles. The molecule has 1 N–H and O–H groups in total. The SMILES string of the molecule is COC(=O)c1cccc(CCCCO)c1. The first-order valence-corrected chi connectivity index (χ1v) is 5.06. The summed E-state index contributed by atoms with van der Waals surface area (Å²) in [6.07, 6.45) is 2.61. The van der Waals surface area contributed by atoms with Crippen LogP contribution in [-0.4, -0.2) is 24.8 Å². The average molecular weight is 208 g/mol. The fraction of sp³-hybridized carbons (Fsp3) is 0.417. The van der Waals surface area contributed by atoms with Crippen LogP contribution in [0.25, 0.3) is 0 Å². The normalized spacial score (nSPS) is 10.0. The second-order valence-corrected chi connectivity index (χ2v) is 3.37. The molecular formula is C12H16O3. The molecule has 1 rings (SSSR count). The highest BCUT2D eigenvalue weighted by molar-refractivity contribution is 5.89. The Kier molecular flexibility index (Phi) is 4.84. The third-order valence-electron chi connectivity index (χ3n) is 2.22. The Labute approximate surface area is 89.7 Å². The number of rotatable bonds is 5. The summed E-state index contributed by atoms with van der Waals surface area (Å²) in [5, 5.41) is 8.65. The second-order valence-electron chi connectivity index (χ2n) is 3.37. The number of carbonyl (C=O) groups excluding carboxylic acids is 1. The van der Waals surface area contributed by atoms with Crippen molar-refractivity contribution in [2.45, 2.75) is 19.3 Å². The Morgan fingerprint density at radius 3 is 2.87 bits per heavy atom. The summed E-state index contributed by atoms with van der Waals surface area (Å²) in [6, 6.07) is 7.40. The predicted molar refractivity (Wildman–Crippen MR) is 57.8 cm³/mol. The third kappa shape index (κ3) is 3.72. The number of benzene rings is 1. The van der Waals surface area contributed by atoms with Gasteiger partial charge in [0.25, 0.3) is 0 Å². The average Bonchev–Trinajstić information content (AvgIpc) is 2.29. The number of ether oxygens (including phenoxy) is 1. The van der Waals surface area contributed by atoms with Gasteiger partial charge in [-0.25, -0.2) is 4.79 Å². The van der Waals surface area contributed by atoms with E-state index >= 15 is 0 Å². The Morgan fingerprint density at radius 2 is 2.20 bits per heavy atom. The van der Waals surface area contributed by atoms with Crippen molar-refractivity contribution in [1.29, 1.82) is 0 Å². The van der Waals surface area contributed by atoms with Gasteiger partial charge in [0.15, 0.2) is 0 Å². The molecular weight excluding hydrogens is 192 g/mol. The summed E-state index contributed by atoms with van der Waals surface area (Å²) in [7, 11) is 1.38. The van der Waals surface area contributed by atoms with E-state index in [1.165, 1.54) is 7.11 Å². The van der Waals surface area contributed by atoms with Crippen molar-refractivity contribution in [3.8, 4) is 0 Å². The Hall–Kier alpha value is -1.35. The van der Waals surface area contributed by atoms with Crippen LogP contribution in [0.3, 0.4) is 0 Å². The summed E-state index contributed by atoms with van der Waals surface area (Å²) in [5.74, 6) is -0.306. The van der Waals surface area contributed by atoms with E-state index in [4.69, 9.17) is 5.11 Å². The van der Waals surface area contributed by atoms with E-state index < -0.39 is 0 Å². The Bertz CT molecular complexity index is 320. The minimum atomic E-state index is -0.306. The van der Waals surface area contributed by atoms with Gasteiger partial charge in [-0.1, -0.05) is 12.1 Å². The quantitative estimate of drug-likeness (QED) is 0.592. The van der Waals surface area contributed by atoms with Gasteiger partial charge in [-0.3, -0.25) is 0 Å². The van der Waals surface area contributed by atoms with Crippen molar-refractivity contribution in [3.05, 3.63) is 35.4 Å². The number of hydrogen-bond donors (Lipinski definition) is 1. The minimum absolute atomic E-state index is 0.219. The molecule has 0 aromatic heterocycles. The van der Waals surface area contributed by atoms with Crippen LogP contribution < -0.4 is 0 Å². The number of methoxy groups -OCH3 is 1. The van der Waals surface area contributed by atoms with E-state index in [1.807, 2.05) is 18.2 Å². The maximum atomic E-state index is 11.2. The van der Waals surface area contributed by atoms with Crippen LogP contribution in [-0.2, 0) is 11.2 Å². The van der Waals surface area contributed by atoms with Gasteiger partial charge in [0.1, 0.15) is 0 Å². The molecule has 3 heteroatoms. The number of aryl methyl sites for hydroxylation is 1. The molecule has 0 amide bonds. The van der Waals surface area contributed by atoms with Crippen LogP contribution in [0.5, 0.6) is 0 Å². The number of carbonyl (C=O) groups is 1. The molecule has 0 radical (unpaired) electrons. The molecule has 0 saturated heterocycles. The maximum absolute atomic E-state index is 11.2. The molecule has 0 spiro atoms. The van der Waals surface area contributed by atoms with Crippen molar-refractivity contribution in [2.24, 2.45) is 0 Å². The number of aliphatic hydroxyl groups is 1. The van der Waals surface area contributed by atoms with Crippen LogP contribution in [0.2, 0.25) is 0 Å². The molecule has 82 valence electrons. The van der Waals surface area contributed by atoms with E-state index in [0.29, 0.717) is 5.56 Å². The van der Waals surface area contributed by atoms with Crippen LogP contribution in [0, 0.1) is 0 Å². The van der Waals surface area contributed by atoms with Gasteiger partial charge < -0.3 is 9.84 Å². The molecule has 15 heavy (non-hydrogen) atoms. The van der Waals surface area contributed by atoms with Gasteiger partial charge >= 0.3 is 5.97 Å². The molecule has 0 saturated carbocycles. The standard InChI is InChI=1S/C12H16O3/c1-15-12(14)11-7-4-6-10(9-11)5-2-3-8-13/h4,6-7,9,13H,2-3,5,8H2,1H3. The van der Waals surface area contributed by atoms with Gasteiger partial charge in [-0.05, 0) is 37.0 Å². The van der Waals surface area contributed by atoms with Crippen molar-refractivity contribution < 1.29 is 14.6 Å². The van der Waals surface area contributed by atoms with Gasteiger partial charge in [0, 0.05) is 6.61 Å². The lowest BCUT2D eigenvalue weighted by molar-refractivity contribution is 0.0600. The van der Waals surface area contributed by atoms with Gasteiger partial charge in [0.05, 0.1) is 12.7 Å². The van der Waals surface area contributed by atoms with E-state index in [0.717, 1.165) is 24.8 Å². The summed E-state index contributed by atoms with van der Waals surface area (Å²) < 4.78 is 4.64. The van der Waals surface area contributed by atoms with Crippen LogP contribution in [0.15, 0.2) is 24.3 Å². The smallest absolute Gasteiger partial charge is 0.337 e. The number of esters is 1. The number of aliphatic hydroxyl groups excluding tert-OH is 1. The monoisotopic (exact) mass is 208 g/mol. The highest BCUT2D eigenvalue weighted by Crippen LogP contribution is 2.09. The summed E-state index contributed by atoms with van der Waals surface area (Å²) in [4.78, 5) is 11.2. The summed E-state index contributed by atoms with van der Waals surface area (Å²) >= 11 is 0. The van der Waals surface area contributed by atoms with Crippen molar-refractivity contribution in [2.75, 3.05) is 13.7 Å². The molecule has 0 aliphatic rings. The fourth-order valence-corrected chi connectivity index (χ4v) is 1.41. The highest BCUT2D eigenvalue weighted by atomic mass is 16.5. The van der Waals surface area contributed by atoms with E-state index in [1.54, 1.807) is 6.07 Å². The van der Waals surface area contributed by atoms with Gasteiger partial charge in [-0.2, -0.15) is 0 Å². The van der Waals surface area contributed by atoms with Crippen molar-refractivity contribution in [1.82, 2.24) is 0 Å². The molecule has 0 bridgehead atoms. The van der Waals surface area contributed by atoms with Crippen LogP contribution in [0.4, 0.5) is 0 Å². The van der Waals surface area contributed by atoms with Gasteiger partial charge in [-0.15, -0.1) is 0 Å². The van der Waals surface area contributed by atoms with E-state index in [-0.39, 0.29) is 12.6 Å². The summed E-state index contributed by atoms with van der Waals surface area (Å²) in [6.45, 7) is 0.219. The zero-order valence-corrected chi connectivity index (χ0v) is 8.90. The predicted octanol–water partition coefficient (Wildman–Crippen LogP) is 1.79. The number of unbranched alkanes of at least 4 members (excludes halogenated alkanes) is 1. The zero-order chi connectivity index (χ0) is 11.1. The minimum Gasteiger partial charge on any atom is -0.465 e. The molecule has 3 nitrogen and oxygen atoms in total. The lowest BCUT2D eigenvalue weighted by Gasteiger charge is -2.03. The first-order valence-electron chi connectivity index (χ1n) is 5.06. The molecule has 0 heterocycles. The van der Waals surface area contributed by atoms with E-state index in [9.17, 15) is 4.79 Å². The Morgan fingerprint density at radius 1 is 1.40 bits per heavy atom. The maximum Gasteiger partial charge on any atom is 0.337 e. The van der Waals surface area contributed by atoms with Crippen LogP contribution >= 0.6 is 0 Å². The molecule has 1 aromatic rings. The molecule has 1 aromatic carbocycles. The fourth-order valence-electron chi connectivity index (χ4n) is 1.41. The first kappa shape index (κ1) is 11.7. The molecule has 0 fully saturated rings. The molecule has 0 unspecified atom stereocenters.